The molecule has 1 aliphatic rings. The first-order chi connectivity index (χ1) is 11.7. The Morgan fingerprint density at radius 2 is 1.96 bits per heavy atom. The fraction of sp³-hybridized carbons (Fsp3) is 0.368. The van der Waals surface area contributed by atoms with Crippen molar-refractivity contribution in [3.05, 3.63) is 51.9 Å². The lowest BCUT2D eigenvalue weighted by atomic mass is 9.93. The van der Waals surface area contributed by atoms with E-state index in [1.165, 1.54) is 6.07 Å². The fourth-order valence-electron chi connectivity index (χ4n) is 2.89. The van der Waals surface area contributed by atoms with Gasteiger partial charge in [-0.3, -0.25) is 0 Å². The molecule has 1 aliphatic heterocycles. The predicted octanol–water partition coefficient (Wildman–Crippen LogP) is 2.88. The van der Waals surface area contributed by atoms with E-state index in [0.29, 0.717) is 22.3 Å². The number of benzene rings is 1. The molecule has 0 amide bonds. The number of hydrogen-bond acceptors (Lipinski definition) is 6. The molecule has 0 spiro atoms. The van der Waals surface area contributed by atoms with Gasteiger partial charge in [0.25, 0.3) is 0 Å². The van der Waals surface area contributed by atoms with Gasteiger partial charge in [0.15, 0.2) is 6.10 Å². The average Bonchev–Trinajstić information content (AvgIpc) is 2.91. The Morgan fingerprint density at radius 3 is 2.64 bits per heavy atom. The van der Waals surface area contributed by atoms with Gasteiger partial charge in [-0.15, -0.1) is 0 Å². The average molecular weight is 344 g/mol. The van der Waals surface area contributed by atoms with Gasteiger partial charge >= 0.3 is 11.6 Å². The van der Waals surface area contributed by atoms with Gasteiger partial charge in [-0.25, -0.2) is 9.59 Å². The minimum Gasteiger partial charge on any atom is -0.483 e. The van der Waals surface area contributed by atoms with Gasteiger partial charge in [0.05, 0.1) is 5.56 Å². The van der Waals surface area contributed by atoms with Crippen molar-refractivity contribution < 1.29 is 23.8 Å². The maximum Gasteiger partial charge on any atom is 0.336 e. The summed E-state index contributed by atoms with van der Waals surface area (Å²) >= 11 is 0. The summed E-state index contributed by atoms with van der Waals surface area (Å²) in [6, 6.07) is 6.40. The molecule has 1 aromatic carbocycles. The number of hydrogen-bond donors (Lipinski definition) is 1. The van der Waals surface area contributed by atoms with E-state index in [0.717, 1.165) is 0 Å². The van der Waals surface area contributed by atoms with Crippen molar-refractivity contribution in [2.45, 2.75) is 45.5 Å². The zero-order chi connectivity index (χ0) is 18.4. The molecule has 0 fully saturated rings. The number of allylic oxidation sites excluding steroid dienone is 1. The number of ether oxygens (including phenoxy) is 2. The summed E-state index contributed by atoms with van der Waals surface area (Å²) in [6.07, 6.45) is -0.272. The molecule has 2 aromatic rings. The normalized spacial score (nSPS) is 20.3. The summed E-state index contributed by atoms with van der Waals surface area (Å²) < 4.78 is 16.6. The second-order valence-corrected chi connectivity index (χ2v) is 6.60. The Balaban J connectivity index is 1.98. The number of aliphatic hydroxyl groups is 1. The van der Waals surface area contributed by atoms with E-state index < -0.39 is 29.4 Å². The third-order valence-corrected chi connectivity index (χ3v) is 4.42. The highest BCUT2D eigenvalue weighted by atomic mass is 16.6. The topological polar surface area (TPSA) is 86.0 Å². The number of carbonyl (C=O) groups is 1. The van der Waals surface area contributed by atoms with Gasteiger partial charge in [0, 0.05) is 17.0 Å². The minimum atomic E-state index is -1.10. The van der Waals surface area contributed by atoms with E-state index in [1.54, 1.807) is 52.0 Å². The summed E-state index contributed by atoms with van der Waals surface area (Å²) in [5.41, 5.74) is -0.458. The third-order valence-electron chi connectivity index (χ3n) is 4.42. The number of rotatable bonds is 3. The second-order valence-electron chi connectivity index (χ2n) is 6.60. The molecule has 0 radical (unpaired) electrons. The van der Waals surface area contributed by atoms with E-state index in [1.807, 2.05) is 0 Å². The number of esters is 1. The molecule has 2 unspecified atom stereocenters. The highest BCUT2D eigenvalue weighted by molar-refractivity contribution is 5.88. The van der Waals surface area contributed by atoms with Crippen LogP contribution in [0.15, 0.2) is 45.1 Å². The van der Waals surface area contributed by atoms with E-state index >= 15 is 0 Å². The Bertz CT molecular complexity index is 921. The molecule has 1 N–H and O–H groups in total. The molecule has 2 atom stereocenters. The lowest BCUT2D eigenvalue weighted by molar-refractivity contribution is -0.165. The molecule has 0 saturated carbocycles. The summed E-state index contributed by atoms with van der Waals surface area (Å²) in [4.78, 5) is 23.7. The van der Waals surface area contributed by atoms with E-state index in [9.17, 15) is 14.7 Å². The molecule has 6 heteroatoms. The van der Waals surface area contributed by atoms with Crippen molar-refractivity contribution in [3.63, 3.8) is 0 Å². The van der Waals surface area contributed by atoms with Crippen LogP contribution in [0.3, 0.4) is 0 Å². The molecular weight excluding hydrogens is 324 g/mol. The predicted molar refractivity (Wildman–Crippen MR) is 91.5 cm³/mol. The van der Waals surface area contributed by atoms with Crippen LogP contribution in [0.1, 0.15) is 39.4 Å². The Hall–Kier alpha value is -2.60. The van der Waals surface area contributed by atoms with Gasteiger partial charge in [-0.1, -0.05) is 6.08 Å². The van der Waals surface area contributed by atoms with Crippen LogP contribution >= 0.6 is 0 Å². The lowest BCUT2D eigenvalue weighted by Crippen LogP contribution is -2.45. The first kappa shape index (κ1) is 17.2. The maximum atomic E-state index is 12.1. The van der Waals surface area contributed by atoms with Crippen molar-refractivity contribution in [3.8, 4) is 5.75 Å². The van der Waals surface area contributed by atoms with Crippen LogP contribution < -0.4 is 10.4 Å². The van der Waals surface area contributed by atoms with Crippen LogP contribution in [0.5, 0.6) is 5.75 Å². The van der Waals surface area contributed by atoms with Crippen LogP contribution in [0.4, 0.5) is 0 Å². The van der Waals surface area contributed by atoms with Crippen LogP contribution in [0, 0.1) is 0 Å². The van der Waals surface area contributed by atoms with E-state index in [-0.39, 0.29) is 5.58 Å². The largest absolute Gasteiger partial charge is 0.483 e. The maximum absolute atomic E-state index is 12.1. The van der Waals surface area contributed by atoms with Gasteiger partial charge in [0.2, 0.25) is 0 Å². The van der Waals surface area contributed by atoms with Gasteiger partial charge in [-0.2, -0.15) is 0 Å². The van der Waals surface area contributed by atoms with Gasteiger partial charge in [-0.05, 0) is 45.9 Å². The van der Waals surface area contributed by atoms with Crippen molar-refractivity contribution in [2.75, 3.05) is 0 Å². The molecule has 0 aliphatic carbocycles. The Labute approximate surface area is 144 Å². The van der Waals surface area contributed by atoms with Gasteiger partial charge < -0.3 is 19.0 Å². The number of aliphatic hydroxyl groups excluding tert-OH is 1. The summed E-state index contributed by atoms with van der Waals surface area (Å²) in [7, 11) is 0. The van der Waals surface area contributed by atoms with Crippen LogP contribution in [0.25, 0.3) is 11.0 Å². The standard InChI is InChI=1S/C19H20O6/c1-5-10(2)18(22)25-19(3,4)17-15(21)14-12(23-17)8-6-11-7-9-13(20)24-16(11)14/h5-9,15,17,21H,1-4H3. The molecule has 0 saturated heterocycles. The van der Waals surface area contributed by atoms with E-state index in [4.69, 9.17) is 13.9 Å². The Kier molecular flexibility index (Phi) is 4.16. The smallest absolute Gasteiger partial charge is 0.336 e. The molecule has 1 aromatic heterocycles. The fourth-order valence-corrected chi connectivity index (χ4v) is 2.89. The molecule has 25 heavy (non-hydrogen) atoms. The van der Waals surface area contributed by atoms with Gasteiger partial charge in [0.1, 0.15) is 23.0 Å². The van der Waals surface area contributed by atoms with Crippen LogP contribution in [0.2, 0.25) is 0 Å². The molecule has 3 rings (SSSR count). The van der Waals surface area contributed by atoms with Crippen molar-refractivity contribution in [1.29, 1.82) is 0 Å². The highest BCUT2D eigenvalue weighted by Crippen LogP contribution is 2.45. The zero-order valence-electron chi connectivity index (χ0n) is 14.5. The van der Waals surface area contributed by atoms with Crippen molar-refractivity contribution in [2.24, 2.45) is 0 Å². The molecule has 2 heterocycles. The highest BCUT2D eigenvalue weighted by Gasteiger charge is 2.47. The summed E-state index contributed by atoms with van der Waals surface area (Å²) in [5.74, 6) is -0.0677. The molecule has 6 nitrogen and oxygen atoms in total. The molecular formula is C19H20O6. The SMILES string of the molecule is CC=C(C)C(=O)OC(C)(C)C1Oc2ccc3ccc(=O)oc3c2C1O. The Morgan fingerprint density at radius 1 is 1.28 bits per heavy atom. The van der Waals surface area contributed by atoms with Crippen LogP contribution in [-0.4, -0.2) is 22.8 Å². The van der Waals surface area contributed by atoms with Crippen molar-refractivity contribution >= 4 is 16.9 Å². The van der Waals surface area contributed by atoms with Crippen molar-refractivity contribution in [1.82, 2.24) is 0 Å². The minimum absolute atomic E-state index is 0.284. The number of fused-ring (bicyclic) bond motifs is 3. The van der Waals surface area contributed by atoms with E-state index in [2.05, 4.69) is 0 Å². The number of carbonyl (C=O) groups excluding carboxylic acids is 1. The quantitative estimate of drug-likeness (QED) is 0.523. The summed E-state index contributed by atoms with van der Waals surface area (Å²) in [5, 5.41) is 11.5. The molecule has 132 valence electrons. The van der Waals surface area contributed by atoms with Crippen LogP contribution in [-0.2, 0) is 9.53 Å². The second kappa shape index (κ2) is 6.04. The summed E-state index contributed by atoms with van der Waals surface area (Å²) in [6.45, 7) is 6.74. The monoisotopic (exact) mass is 344 g/mol. The first-order valence-corrected chi connectivity index (χ1v) is 8.02. The zero-order valence-corrected chi connectivity index (χ0v) is 14.5. The lowest BCUT2D eigenvalue weighted by Gasteiger charge is -2.32. The third kappa shape index (κ3) is 2.93. The molecule has 0 bridgehead atoms. The first-order valence-electron chi connectivity index (χ1n) is 8.02.